The molecule has 0 saturated heterocycles. The van der Waals surface area contributed by atoms with Crippen molar-refractivity contribution in [1.29, 1.82) is 0 Å². The Kier molecular flexibility index (Phi) is 9.59. The van der Waals surface area contributed by atoms with Gasteiger partial charge in [0.25, 0.3) is 5.91 Å². The molecule has 1 amide bonds. The van der Waals surface area contributed by atoms with Gasteiger partial charge < -0.3 is 10.1 Å². The second-order valence-electron chi connectivity index (χ2n) is 4.35. The number of hydrogen-bond acceptors (Lipinski definition) is 3. The standard InChI is InChI=1S/C15H20N2O2.C2H6/c1-5-12(7-6-11(2)3)19-13-8-9-17-14(10-13)15(18)16-4;1-2/h5-11H,1-4H3,(H,16,18);1-2H3/b7-6-,12-5+;. The third kappa shape index (κ3) is 7.30. The van der Waals surface area contributed by atoms with Crippen LogP contribution in [0.1, 0.15) is 45.1 Å². The highest BCUT2D eigenvalue weighted by Gasteiger charge is 2.06. The lowest BCUT2D eigenvalue weighted by molar-refractivity contribution is 0.0958. The minimum Gasteiger partial charge on any atom is -0.458 e. The molecule has 116 valence electrons. The van der Waals surface area contributed by atoms with Crippen molar-refractivity contribution in [3.63, 3.8) is 0 Å². The Hall–Kier alpha value is -2.10. The molecule has 0 bridgehead atoms. The van der Waals surface area contributed by atoms with Gasteiger partial charge in [0.1, 0.15) is 17.2 Å². The Labute approximate surface area is 127 Å². The monoisotopic (exact) mass is 290 g/mol. The molecule has 0 saturated carbocycles. The summed E-state index contributed by atoms with van der Waals surface area (Å²) >= 11 is 0. The van der Waals surface area contributed by atoms with E-state index in [4.69, 9.17) is 4.74 Å². The Morgan fingerprint density at radius 1 is 1.38 bits per heavy atom. The molecule has 4 nitrogen and oxygen atoms in total. The molecule has 0 atom stereocenters. The fourth-order valence-electron chi connectivity index (χ4n) is 1.34. The number of aromatic nitrogens is 1. The van der Waals surface area contributed by atoms with Crippen LogP contribution in [0.3, 0.4) is 0 Å². The van der Waals surface area contributed by atoms with Crippen molar-refractivity contribution in [3.8, 4) is 5.75 Å². The quantitative estimate of drug-likeness (QED) is 0.659. The maximum atomic E-state index is 11.5. The van der Waals surface area contributed by atoms with Gasteiger partial charge in [-0.2, -0.15) is 0 Å². The number of pyridine rings is 1. The van der Waals surface area contributed by atoms with Gasteiger partial charge in [0, 0.05) is 19.3 Å². The van der Waals surface area contributed by atoms with Crippen molar-refractivity contribution in [2.75, 3.05) is 7.05 Å². The van der Waals surface area contributed by atoms with Gasteiger partial charge in [0.15, 0.2) is 0 Å². The van der Waals surface area contributed by atoms with E-state index in [0.29, 0.717) is 17.4 Å². The van der Waals surface area contributed by atoms with Gasteiger partial charge in [-0.1, -0.05) is 33.8 Å². The number of rotatable bonds is 5. The predicted octanol–water partition coefficient (Wildman–Crippen LogP) is 3.96. The summed E-state index contributed by atoms with van der Waals surface area (Å²) in [6.45, 7) is 10.1. The third-order valence-electron chi connectivity index (χ3n) is 2.36. The van der Waals surface area contributed by atoms with Crippen LogP contribution in [0.25, 0.3) is 0 Å². The fraction of sp³-hybridized carbons (Fsp3) is 0.412. The molecular weight excluding hydrogens is 264 g/mol. The lowest BCUT2D eigenvalue weighted by Crippen LogP contribution is -2.19. The van der Waals surface area contributed by atoms with E-state index < -0.39 is 0 Å². The van der Waals surface area contributed by atoms with Crippen molar-refractivity contribution in [2.24, 2.45) is 5.92 Å². The molecule has 0 aliphatic heterocycles. The molecule has 0 aliphatic rings. The summed E-state index contributed by atoms with van der Waals surface area (Å²) in [7, 11) is 1.57. The molecule has 0 spiro atoms. The highest BCUT2D eigenvalue weighted by molar-refractivity contribution is 5.92. The molecule has 21 heavy (non-hydrogen) atoms. The minimum absolute atomic E-state index is 0.231. The normalized spacial score (nSPS) is 11.1. The zero-order chi connectivity index (χ0) is 16.3. The molecule has 4 heteroatoms. The van der Waals surface area contributed by atoms with Crippen LogP contribution in [0.4, 0.5) is 0 Å². The number of hydrogen-bond donors (Lipinski definition) is 1. The van der Waals surface area contributed by atoms with Gasteiger partial charge in [-0.25, -0.2) is 0 Å². The van der Waals surface area contributed by atoms with Gasteiger partial charge in [0.2, 0.25) is 0 Å². The van der Waals surface area contributed by atoms with E-state index in [9.17, 15) is 4.79 Å². The van der Waals surface area contributed by atoms with Crippen LogP contribution in [0.15, 0.2) is 42.3 Å². The maximum Gasteiger partial charge on any atom is 0.269 e. The number of nitrogens with zero attached hydrogens (tertiary/aromatic N) is 1. The number of nitrogens with one attached hydrogen (secondary N) is 1. The van der Waals surface area contributed by atoms with E-state index in [0.717, 1.165) is 5.76 Å². The molecule has 1 aromatic rings. The molecule has 0 aliphatic carbocycles. The van der Waals surface area contributed by atoms with Gasteiger partial charge in [-0.3, -0.25) is 9.78 Å². The number of carbonyl (C=O) groups excluding carboxylic acids is 1. The van der Waals surface area contributed by atoms with Gasteiger partial charge in [-0.05, 0) is 31.1 Å². The molecule has 0 fully saturated rings. The molecule has 1 aromatic heterocycles. The molecular formula is C17H26N2O2. The lowest BCUT2D eigenvalue weighted by Gasteiger charge is -2.07. The van der Waals surface area contributed by atoms with Crippen molar-refractivity contribution in [3.05, 3.63) is 48.0 Å². The third-order valence-corrected chi connectivity index (χ3v) is 2.36. The highest BCUT2D eigenvalue weighted by Crippen LogP contribution is 2.15. The number of carbonyl (C=O) groups is 1. The Balaban J connectivity index is 0.00000191. The Bertz CT molecular complexity index is 491. The average molecular weight is 290 g/mol. The molecule has 0 aromatic carbocycles. The zero-order valence-corrected chi connectivity index (χ0v) is 13.8. The number of amides is 1. The summed E-state index contributed by atoms with van der Waals surface area (Å²) in [6, 6.07) is 3.34. The summed E-state index contributed by atoms with van der Waals surface area (Å²) in [5, 5.41) is 2.53. The van der Waals surface area contributed by atoms with E-state index in [1.54, 1.807) is 25.4 Å². The number of ether oxygens (including phenoxy) is 1. The molecule has 1 heterocycles. The second-order valence-corrected chi connectivity index (χ2v) is 4.35. The Morgan fingerprint density at radius 3 is 2.57 bits per heavy atom. The molecule has 0 unspecified atom stereocenters. The summed E-state index contributed by atoms with van der Waals surface area (Å²) in [5.74, 6) is 1.56. The van der Waals surface area contributed by atoms with Crippen LogP contribution < -0.4 is 10.1 Å². The van der Waals surface area contributed by atoms with Crippen molar-refractivity contribution in [2.45, 2.75) is 34.6 Å². The molecule has 0 radical (unpaired) electrons. The summed E-state index contributed by atoms with van der Waals surface area (Å²) in [6.07, 6.45) is 7.40. The van der Waals surface area contributed by atoms with E-state index in [-0.39, 0.29) is 5.91 Å². The first kappa shape index (κ1) is 18.9. The van der Waals surface area contributed by atoms with Crippen LogP contribution in [0.2, 0.25) is 0 Å². The molecule has 1 N–H and O–H groups in total. The van der Waals surface area contributed by atoms with E-state index in [2.05, 4.69) is 30.2 Å². The SMILES string of the molecule is C/C=C(\C=C/C(C)C)Oc1ccnc(C(=O)NC)c1.CC. The van der Waals surface area contributed by atoms with Crippen molar-refractivity contribution >= 4 is 5.91 Å². The van der Waals surface area contributed by atoms with Crippen molar-refractivity contribution < 1.29 is 9.53 Å². The minimum atomic E-state index is -0.231. The largest absolute Gasteiger partial charge is 0.458 e. The first-order valence-corrected chi connectivity index (χ1v) is 7.27. The van der Waals surface area contributed by atoms with Crippen LogP contribution in [-0.4, -0.2) is 17.9 Å². The van der Waals surface area contributed by atoms with Crippen molar-refractivity contribution in [1.82, 2.24) is 10.3 Å². The smallest absolute Gasteiger partial charge is 0.269 e. The Morgan fingerprint density at radius 2 is 2.05 bits per heavy atom. The average Bonchev–Trinajstić information content (AvgIpc) is 2.52. The van der Waals surface area contributed by atoms with E-state index in [1.165, 1.54) is 0 Å². The van der Waals surface area contributed by atoms with Crippen LogP contribution in [-0.2, 0) is 0 Å². The van der Waals surface area contributed by atoms with Crippen LogP contribution in [0, 0.1) is 5.92 Å². The predicted molar refractivity (Wildman–Crippen MR) is 87.3 cm³/mol. The first-order chi connectivity index (χ1) is 10.1. The van der Waals surface area contributed by atoms with Crippen LogP contribution in [0.5, 0.6) is 5.75 Å². The maximum absolute atomic E-state index is 11.5. The first-order valence-electron chi connectivity index (χ1n) is 7.27. The highest BCUT2D eigenvalue weighted by atomic mass is 16.5. The topological polar surface area (TPSA) is 51.2 Å². The van der Waals surface area contributed by atoms with E-state index in [1.807, 2.05) is 32.9 Å². The lowest BCUT2D eigenvalue weighted by atomic mass is 10.2. The fourth-order valence-corrected chi connectivity index (χ4v) is 1.34. The van der Waals surface area contributed by atoms with Gasteiger partial charge in [-0.15, -0.1) is 0 Å². The van der Waals surface area contributed by atoms with Crippen LogP contribution >= 0.6 is 0 Å². The van der Waals surface area contributed by atoms with Gasteiger partial charge in [0.05, 0.1) is 0 Å². The zero-order valence-electron chi connectivity index (χ0n) is 13.8. The second kappa shape index (κ2) is 10.7. The summed E-state index contributed by atoms with van der Waals surface area (Å²) in [4.78, 5) is 15.5. The summed E-state index contributed by atoms with van der Waals surface area (Å²) in [5.41, 5.74) is 0.336. The number of allylic oxidation sites excluding steroid dienone is 3. The molecule has 1 rings (SSSR count). The van der Waals surface area contributed by atoms with Gasteiger partial charge >= 0.3 is 0 Å². The van der Waals surface area contributed by atoms with E-state index >= 15 is 0 Å². The summed E-state index contributed by atoms with van der Waals surface area (Å²) < 4.78 is 5.70.